The predicted octanol–water partition coefficient (Wildman–Crippen LogP) is 6.07. The maximum atomic E-state index is 13.2. The number of rotatable bonds is 5. The Morgan fingerprint density at radius 1 is 0.923 bits per heavy atom. The molecule has 130 valence electrons. The van der Waals surface area contributed by atoms with Crippen molar-refractivity contribution in [1.29, 1.82) is 0 Å². The largest absolute Gasteiger partial charge is 0.347 e. The zero-order valence-corrected chi connectivity index (χ0v) is 15.3. The first-order valence-corrected chi connectivity index (χ1v) is 9.25. The molecule has 2 heteroatoms. The van der Waals surface area contributed by atoms with Crippen LogP contribution in [0.25, 0.3) is 21.7 Å². The van der Waals surface area contributed by atoms with Gasteiger partial charge in [0.15, 0.2) is 5.78 Å². The monoisotopic (exact) mass is 341 g/mol. The summed E-state index contributed by atoms with van der Waals surface area (Å²) in [5, 5.41) is 3.29. The second-order valence-corrected chi connectivity index (χ2v) is 7.33. The van der Waals surface area contributed by atoms with Gasteiger partial charge >= 0.3 is 0 Å². The number of nitrogens with zero attached hydrogens (tertiary/aromatic N) is 1. The summed E-state index contributed by atoms with van der Waals surface area (Å²) < 4.78 is 2.23. The lowest BCUT2D eigenvalue weighted by molar-refractivity contribution is 0.104. The Kier molecular flexibility index (Phi) is 4.34. The molecule has 0 fully saturated rings. The summed E-state index contributed by atoms with van der Waals surface area (Å²) in [4.78, 5) is 13.2. The van der Waals surface area contributed by atoms with Crippen molar-refractivity contribution in [2.24, 2.45) is 5.92 Å². The molecule has 0 aliphatic carbocycles. The number of hydrogen-bond donors (Lipinski definition) is 0. The molecule has 1 heterocycles. The van der Waals surface area contributed by atoms with Crippen molar-refractivity contribution in [2.45, 2.75) is 26.8 Å². The molecule has 1 aromatic heterocycles. The molecule has 2 nitrogen and oxygen atoms in total. The Labute approximate surface area is 154 Å². The van der Waals surface area contributed by atoms with Crippen molar-refractivity contribution >= 4 is 27.5 Å². The average molecular weight is 341 g/mol. The van der Waals surface area contributed by atoms with Gasteiger partial charge in [-0.2, -0.15) is 0 Å². The summed E-state index contributed by atoms with van der Waals surface area (Å²) in [6.07, 6.45) is 3.13. The Bertz CT molecular complexity index is 1090. The number of fused-ring (bicyclic) bond motifs is 2. The second kappa shape index (κ2) is 6.80. The molecule has 0 radical (unpaired) electrons. The number of carbonyl (C=O) groups is 1. The van der Waals surface area contributed by atoms with Crippen molar-refractivity contribution < 1.29 is 4.79 Å². The predicted molar refractivity (Wildman–Crippen MR) is 109 cm³/mol. The summed E-state index contributed by atoms with van der Waals surface area (Å²) >= 11 is 0. The Morgan fingerprint density at radius 2 is 1.65 bits per heavy atom. The van der Waals surface area contributed by atoms with Crippen LogP contribution in [0.1, 0.15) is 36.2 Å². The highest BCUT2D eigenvalue weighted by molar-refractivity contribution is 6.17. The number of benzene rings is 3. The fourth-order valence-electron chi connectivity index (χ4n) is 3.50. The first kappa shape index (κ1) is 16.6. The Hall–Kier alpha value is -2.87. The molecule has 4 aromatic rings. The molecule has 0 spiro atoms. The van der Waals surface area contributed by atoms with Crippen LogP contribution >= 0.6 is 0 Å². The highest BCUT2D eigenvalue weighted by Gasteiger charge is 2.17. The van der Waals surface area contributed by atoms with Crippen molar-refractivity contribution in [1.82, 2.24) is 4.57 Å². The van der Waals surface area contributed by atoms with Gasteiger partial charge in [-0.1, -0.05) is 68.4 Å². The van der Waals surface area contributed by atoms with Crippen LogP contribution in [0.3, 0.4) is 0 Å². The van der Waals surface area contributed by atoms with Gasteiger partial charge in [0.25, 0.3) is 0 Å². The van der Waals surface area contributed by atoms with Crippen LogP contribution in [-0.2, 0) is 6.54 Å². The van der Waals surface area contributed by atoms with Crippen LogP contribution in [-0.4, -0.2) is 10.4 Å². The van der Waals surface area contributed by atoms with E-state index in [9.17, 15) is 4.79 Å². The van der Waals surface area contributed by atoms with Crippen molar-refractivity contribution in [3.63, 3.8) is 0 Å². The maximum Gasteiger partial charge on any atom is 0.195 e. The molecule has 0 saturated heterocycles. The van der Waals surface area contributed by atoms with Gasteiger partial charge in [-0.05, 0) is 35.2 Å². The van der Waals surface area contributed by atoms with E-state index in [2.05, 4.69) is 42.7 Å². The highest BCUT2D eigenvalue weighted by Crippen LogP contribution is 2.26. The fraction of sp³-hybridized carbons (Fsp3) is 0.208. The number of aryl methyl sites for hydroxylation is 1. The van der Waals surface area contributed by atoms with Gasteiger partial charge in [-0.15, -0.1) is 0 Å². The zero-order valence-electron chi connectivity index (χ0n) is 15.3. The summed E-state index contributed by atoms with van der Waals surface area (Å²) in [7, 11) is 0. The molecule has 4 rings (SSSR count). The van der Waals surface area contributed by atoms with Gasteiger partial charge in [0, 0.05) is 34.8 Å². The topological polar surface area (TPSA) is 22.0 Å². The van der Waals surface area contributed by atoms with Crippen LogP contribution in [0.15, 0.2) is 72.9 Å². The molecule has 3 aromatic carbocycles. The Morgan fingerprint density at radius 3 is 2.46 bits per heavy atom. The molecular formula is C24H23NO. The third-order valence-electron chi connectivity index (χ3n) is 4.99. The van der Waals surface area contributed by atoms with Crippen LogP contribution < -0.4 is 0 Å². The molecular weight excluding hydrogens is 318 g/mol. The minimum Gasteiger partial charge on any atom is -0.347 e. The molecule has 26 heavy (non-hydrogen) atoms. The molecule has 0 aliphatic rings. The van der Waals surface area contributed by atoms with E-state index < -0.39 is 0 Å². The van der Waals surface area contributed by atoms with Crippen molar-refractivity contribution in [3.8, 4) is 0 Å². The van der Waals surface area contributed by atoms with E-state index in [4.69, 9.17) is 0 Å². The number of aromatic nitrogens is 1. The minimum absolute atomic E-state index is 0.0928. The number of carbonyl (C=O) groups excluding carboxylic acids is 1. The Balaban J connectivity index is 1.78. The van der Waals surface area contributed by atoms with Crippen molar-refractivity contribution in [2.75, 3.05) is 0 Å². The van der Waals surface area contributed by atoms with Crippen molar-refractivity contribution in [3.05, 3.63) is 84.1 Å². The molecule has 0 atom stereocenters. The van der Waals surface area contributed by atoms with E-state index in [0.717, 1.165) is 45.8 Å². The normalized spacial score (nSPS) is 11.5. The molecule has 0 bridgehead atoms. The van der Waals surface area contributed by atoms with Crippen LogP contribution in [0, 0.1) is 5.92 Å². The SMILES string of the molecule is CC(C)CCn1cc(C(=O)c2ccc3ccccc3c2)c2ccccc21. The first-order chi connectivity index (χ1) is 12.6. The van der Waals surface area contributed by atoms with Gasteiger partial charge in [-0.3, -0.25) is 4.79 Å². The number of ketones is 1. The standard InChI is InChI=1S/C24H23NO/c1-17(2)13-14-25-16-22(21-9-5-6-10-23(21)25)24(26)20-12-11-18-7-3-4-8-19(18)15-20/h3-12,15-17H,13-14H2,1-2H3. The van der Waals surface area contributed by atoms with Gasteiger partial charge in [0.2, 0.25) is 0 Å². The van der Waals surface area contributed by atoms with Crippen LogP contribution in [0.5, 0.6) is 0 Å². The molecule has 0 aliphatic heterocycles. The molecule has 0 saturated carbocycles. The lowest BCUT2D eigenvalue weighted by Gasteiger charge is -2.07. The summed E-state index contributed by atoms with van der Waals surface area (Å²) in [6, 6.07) is 22.3. The van der Waals surface area contributed by atoms with Gasteiger partial charge in [0.05, 0.1) is 0 Å². The number of hydrogen-bond acceptors (Lipinski definition) is 1. The van der Waals surface area contributed by atoms with E-state index in [1.807, 2.05) is 48.7 Å². The summed E-state index contributed by atoms with van der Waals surface area (Å²) in [5.41, 5.74) is 2.67. The molecule has 0 N–H and O–H groups in total. The third kappa shape index (κ3) is 3.03. The summed E-state index contributed by atoms with van der Waals surface area (Å²) in [5.74, 6) is 0.728. The van der Waals surface area contributed by atoms with E-state index in [1.165, 1.54) is 0 Å². The van der Waals surface area contributed by atoms with E-state index in [-0.39, 0.29) is 5.78 Å². The minimum atomic E-state index is 0.0928. The smallest absolute Gasteiger partial charge is 0.195 e. The van der Waals surface area contributed by atoms with Crippen LogP contribution in [0.4, 0.5) is 0 Å². The van der Waals surface area contributed by atoms with E-state index >= 15 is 0 Å². The quantitative estimate of drug-likeness (QED) is 0.404. The zero-order chi connectivity index (χ0) is 18.1. The summed E-state index contributed by atoms with van der Waals surface area (Å²) in [6.45, 7) is 5.39. The third-order valence-corrected chi connectivity index (χ3v) is 4.99. The lowest BCUT2D eigenvalue weighted by Crippen LogP contribution is -2.02. The second-order valence-electron chi connectivity index (χ2n) is 7.33. The van der Waals surface area contributed by atoms with Crippen LogP contribution in [0.2, 0.25) is 0 Å². The molecule has 0 amide bonds. The fourth-order valence-corrected chi connectivity index (χ4v) is 3.50. The number of para-hydroxylation sites is 1. The van der Waals surface area contributed by atoms with E-state index in [0.29, 0.717) is 5.92 Å². The van der Waals surface area contributed by atoms with Gasteiger partial charge < -0.3 is 4.57 Å². The average Bonchev–Trinajstić information content (AvgIpc) is 3.04. The first-order valence-electron chi connectivity index (χ1n) is 9.25. The highest BCUT2D eigenvalue weighted by atomic mass is 16.1. The maximum absolute atomic E-state index is 13.2. The van der Waals surface area contributed by atoms with Gasteiger partial charge in [0.1, 0.15) is 0 Å². The lowest BCUT2D eigenvalue weighted by atomic mass is 10.00. The molecule has 0 unspecified atom stereocenters. The van der Waals surface area contributed by atoms with E-state index in [1.54, 1.807) is 0 Å². The van der Waals surface area contributed by atoms with Gasteiger partial charge in [-0.25, -0.2) is 0 Å².